The van der Waals surface area contributed by atoms with Gasteiger partial charge in [-0.2, -0.15) is 0 Å². The van der Waals surface area contributed by atoms with Crippen LogP contribution in [0.3, 0.4) is 0 Å². The van der Waals surface area contributed by atoms with Crippen molar-refractivity contribution >= 4 is 12.1 Å². The van der Waals surface area contributed by atoms with Gasteiger partial charge in [-0.25, -0.2) is 9.59 Å². The Balaban J connectivity index is 2.64. The summed E-state index contributed by atoms with van der Waals surface area (Å²) in [4.78, 5) is 22.6. The second kappa shape index (κ2) is 3.83. The maximum atomic E-state index is 10.9. The Labute approximate surface area is 81.1 Å². The summed E-state index contributed by atoms with van der Waals surface area (Å²) in [5, 5.41) is 17.6. The van der Waals surface area contributed by atoms with Gasteiger partial charge >= 0.3 is 12.1 Å². The highest BCUT2D eigenvalue weighted by Crippen LogP contribution is 2.25. The number of likely N-dealkylation sites (tertiary alicyclic amines) is 1. The first kappa shape index (κ1) is 10.8. The molecule has 1 rings (SSSR count). The summed E-state index contributed by atoms with van der Waals surface area (Å²) in [6, 6.07) is 0. The maximum absolute atomic E-state index is 10.9. The first-order valence-electron chi connectivity index (χ1n) is 4.28. The quantitative estimate of drug-likeness (QED) is 0.670. The van der Waals surface area contributed by atoms with Crippen molar-refractivity contribution in [3.63, 3.8) is 0 Å². The molecule has 0 aromatic carbocycles. The monoisotopic (exact) mass is 203 g/mol. The van der Waals surface area contributed by atoms with Crippen LogP contribution in [0.5, 0.6) is 0 Å². The van der Waals surface area contributed by atoms with Gasteiger partial charge < -0.3 is 19.8 Å². The zero-order valence-corrected chi connectivity index (χ0v) is 7.89. The van der Waals surface area contributed by atoms with Gasteiger partial charge in [0.2, 0.25) is 0 Å². The molecule has 0 aromatic heterocycles. The Kier molecular flexibility index (Phi) is 2.95. The van der Waals surface area contributed by atoms with E-state index in [4.69, 9.17) is 14.9 Å². The van der Waals surface area contributed by atoms with Crippen molar-refractivity contribution in [2.24, 2.45) is 0 Å². The van der Waals surface area contributed by atoms with E-state index in [1.165, 1.54) is 12.0 Å². The van der Waals surface area contributed by atoms with E-state index in [0.29, 0.717) is 0 Å². The molecule has 1 fully saturated rings. The van der Waals surface area contributed by atoms with Gasteiger partial charge in [-0.3, -0.25) is 0 Å². The molecule has 80 valence electrons. The van der Waals surface area contributed by atoms with Gasteiger partial charge in [0.1, 0.15) is 0 Å². The molecular formula is C8H13NO5. The van der Waals surface area contributed by atoms with Gasteiger partial charge in [0.05, 0.1) is 0 Å². The Hall–Kier alpha value is -1.30. The topological polar surface area (TPSA) is 87.1 Å². The Morgan fingerprint density at radius 3 is 2.07 bits per heavy atom. The summed E-state index contributed by atoms with van der Waals surface area (Å²) in [6.07, 6.45) is -0.615. The molecule has 1 heterocycles. The number of carboxylic acids is 1. The summed E-state index contributed by atoms with van der Waals surface area (Å²) in [5.41, 5.74) is -1.20. The molecule has 0 bridgehead atoms. The van der Waals surface area contributed by atoms with E-state index in [-0.39, 0.29) is 25.9 Å². The van der Waals surface area contributed by atoms with Crippen molar-refractivity contribution in [1.82, 2.24) is 4.90 Å². The average molecular weight is 203 g/mol. The van der Waals surface area contributed by atoms with Gasteiger partial charge in [0, 0.05) is 33.0 Å². The molecule has 1 amide bonds. The standard InChI is InChI=1S/C8H13NO5/c1-14-8(6(10)11)2-4-9(5-3-8)7(12)13/h2-5H2,1H3,(H,10,11)(H,12,13). The van der Waals surface area contributed by atoms with Crippen molar-refractivity contribution in [1.29, 1.82) is 0 Å². The van der Waals surface area contributed by atoms with Crippen molar-refractivity contribution in [2.75, 3.05) is 20.2 Å². The lowest BCUT2D eigenvalue weighted by Crippen LogP contribution is -2.51. The van der Waals surface area contributed by atoms with Gasteiger partial charge in [0.25, 0.3) is 0 Å². The third kappa shape index (κ3) is 1.79. The average Bonchev–Trinajstić information content (AvgIpc) is 2.17. The van der Waals surface area contributed by atoms with Gasteiger partial charge in [-0.05, 0) is 0 Å². The lowest BCUT2D eigenvalue weighted by molar-refractivity contribution is -0.167. The number of rotatable bonds is 2. The van der Waals surface area contributed by atoms with E-state index in [1.54, 1.807) is 0 Å². The number of hydrogen-bond acceptors (Lipinski definition) is 3. The van der Waals surface area contributed by atoms with Crippen LogP contribution >= 0.6 is 0 Å². The summed E-state index contributed by atoms with van der Waals surface area (Å²) in [5.74, 6) is -1.02. The number of carbonyl (C=O) groups is 2. The largest absolute Gasteiger partial charge is 0.479 e. The van der Waals surface area contributed by atoms with Crippen molar-refractivity contribution in [2.45, 2.75) is 18.4 Å². The fourth-order valence-corrected chi connectivity index (χ4v) is 1.56. The molecule has 0 atom stereocenters. The molecule has 6 heteroatoms. The molecule has 0 spiro atoms. The number of ether oxygens (including phenoxy) is 1. The van der Waals surface area contributed by atoms with Gasteiger partial charge in [0.15, 0.2) is 5.60 Å². The molecule has 1 aliphatic heterocycles. The number of aliphatic carboxylic acids is 1. The smallest absolute Gasteiger partial charge is 0.407 e. The predicted octanol–water partition coefficient (Wildman–Crippen LogP) is 0.230. The minimum absolute atomic E-state index is 0.200. The molecule has 0 saturated carbocycles. The summed E-state index contributed by atoms with van der Waals surface area (Å²) in [6.45, 7) is 0.408. The minimum atomic E-state index is -1.20. The number of hydrogen-bond donors (Lipinski definition) is 2. The van der Waals surface area contributed by atoms with E-state index < -0.39 is 17.7 Å². The number of methoxy groups -OCH3 is 1. The third-order valence-electron chi connectivity index (χ3n) is 2.62. The molecule has 6 nitrogen and oxygen atoms in total. The molecule has 2 N–H and O–H groups in total. The molecule has 0 aromatic rings. The molecule has 14 heavy (non-hydrogen) atoms. The van der Waals surface area contributed by atoms with Crippen molar-refractivity contribution < 1.29 is 24.5 Å². The molecule has 1 saturated heterocycles. The van der Waals surface area contributed by atoms with Crippen molar-refractivity contribution in [3.8, 4) is 0 Å². The summed E-state index contributed by atoms with van der Waals surface area (Å²) >= 11 is 0. The molecule has 0 radical (unpaired) electrons. The Morgan fingerprint density at radius 2 is 1.79 bits per heavy atom. The number of nitrogens with zero attached hydrogens (tertiary/aromatic N) is 1. The Morgan fingerprint density at radius 1 is 1.29 bits per heavy atom. The normalized spacial score (nSPS) is 20.5. The number of piperidine rings is 1. The molecular weight excluding hydrogens is 190 g/mol. The number of amides is 1. The van der Waals surface area contributed by atoms with Crippen LogP contribution < -0.4 is 0 Å². The molecule has 0 unspecified atom stereocenters. The van der Waals surface area contributed by atoms with E-state index in [0.717, 1.165) is 0 Å². The predicted molar refractivity (Wildman–Crippen MR) is 46.2 cm³/mol. The highest BCUT2D eigenvalue weighted by molar-refractivity contribution is 5.78. The van der Waals surface area contributed by atoms with Crippen LogP contribution in [-0.2, 0) is 9.53 Å². The SMILES string of the molecule is COC1(C(=O)O)CCN(C(=O)O)CC1. The van der Waals surface area contributed by atoms with Gasteiger partial charge in [-0.1, -0.05) is 0 Å². The fourth-order valence-electron chi connectivity index (χ4n) is 1.56. The van der Waals surface area contributed by atoms with E-state index in [9.17, 15) is 9.59 Å². The number of carboxylic acid groups (broad SMARTS) is 2. The summed E-state index contributed by atoms with van der Waals surface area (Å²) < 4.78 is 4.95. The second-order valence-corrected chi connectivity index (χ2v) is 3.27. The van der Waals surface area contributed by atoms with Crippen LogP contribution in [-0.4, -0.2) is 53.0 Å². The van der Waals surface area contributed by atoms with E-state index in [2.05, 4.69) is 0 Å². The zero-order chi connectivity index (χ0) is 10.8. The second-order valence-electron chi connectivity index (χ2n) is 3.27. The lowest BCUT2D eigenvalue weighted by atomic mass is 9.91. The molecule has 0 aliphatic carbocycles. The maximum Gasteiger partial charge on any atom is 0.407 e. The minimum Gasteiger partial charge on any atom is -0.479 e. The van der Waals surface area contributed by atoms with Crippen LogP contribution in [0.15, 0.2) is 0 Å². The van der Waals surface area contributed by atoms with Crippen LogP contribution in [0.1, 0.15) is 12.8 Å². The fraction of sp³-hybridized carbons (Fsp3) is 0.750. The molecule has 1 aliphatic rings. The van der Waals surface area contributed by atoms with Gasteiger partial charge in [-0.15, -0.1) is 0 Å². The van der Waals surface area contributed by atoms with E-state index in [1.807, 2.05) is 0 Å². The zero-order valence-electron chi connectivity index (χ0n) is 7.89. The third-order valence-corrected chi connectivity index (χ3v) is 2.62. The highest BCUT2D eigenvalue weighted by atomic mass is 16.5. The van der Waals surface area contributed by atoms with Crippen LogP contribution in [0.4, 0.5) is 4.79 Å². The van der Waals surface area contributed by atoms with E-state index >= 15 is 0 Å². The first-order chi connectivity index (χ1) is 6.52. The highest BCUT2D eigenvalue weighted by Gasteiger charge is 2.42. The van der Waals surface area contributed by atoms with Crippen molar-refractivity contribution in [3.05, 3.63) is 0 Å². The lowest BCUT2D eigenvalue weighted by Gasteiger charge is -2.36. The first-order valence-corrected chi connectivity index (χ1v) is 4.28. The Bertz CT molecular complexity index is 244. The van der Waals surface area contributed by atoms with Crippen LogP contribution in [0.25, 0.3) is 0 Å². The summed E-state index contributed by atoms with van der Waals surface area (Å²) in [7, 11) is 1.34. The van der Waals surface area contributed by atoms with Crippen LogP contribution in [0, 0.1) is 0 Å². The van der Waals surface area contributed by atoms with Crippen LogP contribution in [0.2, 0.25) is 0 Å².